The minimum atomic E-state index is 0.0441. The molecule has 0 spiro atoms. The van der Waals surface area contributed by atoms with Crippen LogP contribution in [0.5, 0.6) is 0 Å². The minimum absolute atomic E-state index is 0.0441. The van der Waals surface area contributed by atoms with E-state index in [0.717, 1.165) is 32.5 Å². The summed E-state index contributed by atoms with van der Waals surface area (Å²) >= 11 is 0. The molecule has 120 valence electrons. The summed E-state index contributed by atoms with van der Waals surface area (Å²) in [6, 6.07) is 0. The van der Waals surface area contributed by atoms with E-state index in [1.165, 1.54) is 30.4 Å². The molecule has 0 radical (unpaired) electrons. The average Bonchev–Trinajstić information content (AvgIpc) is 3.06. The van der Waals surface area contributed by atoms with E-state index in [2.05, 4.69) is 30.9 Å². The van der Waals surface area contributed by atoms with Crippen LogP contribution in [0.1, 0.15) is 46.0 Å². The van der Waals surface area contributed by atoms with Gasteiger partial charge in [-0.15, -0.1) is 0 Å². The lowest BCUT2D eigenvalue weighted by Gasteiger charge is -2.43. The van der Waals surface area contributed by atoms with E-state index < -0.39 is 0 Å². The van der Waals surface area contributed by atoms with Crippen LogP contribution < -0.4 is 0 Å². The predicted molar refractivity (Wildman–Crippen MR) is 86.3 cm³/mol. The summed E-state index contributed by atoms with van der Waals surface area (Å²) in [5.74, 6) is 0.384. The number of ether oxygens (including phenoxy) is 1. The molecule has 1 unspecified atom stereocenters. The van der Waals surface area contributed by atoms with Crippen molar-refractivity contribution in [1.82, 2.24) is 4.90 Å². The van der Waals surface area contributed by atoms with Crippen LogP contribution in [0, 0.1) is 17.3 Å². The first kappa shape index (κ1) is 14.5. The summed E-state index contributed by atoms with van der Waals surface area (Å²) in [6.45, 7) is 7.77. The molecular weight excluding hydrogens is 274 g/mol. The average molecular weight is 301 g/mol. The summed E-state index contributed by atoms with van der Waals surface area (Å²) in [6.07, 6.45) is 10.8. The zero-order chi connectivity index (χ0) is 15.3. The van der Waals surface area contributed by atoms with Gasteiger partial charge in [0, 0.05) is 12.5 Å². The lowest BCUT2D eigenvalue weighted by atomic mass is 9.62. The van der Waals surface area contributed by atoms with Gasteiger partial charge in [0.05, 0.1) is 5.92 Å². The monoisotopic (exact) mass is 301 g/mol. The quantitative estimate of drug-likeness (QED) is 0.733. The second-order valence-corrected chi connectivity index (χ2v) is 7.94. The van der Waals surface area contributed by atoms with Gasteiger partial charge < -0.3 is 9.64 Å². The van der Waals surface area contributed by atoms with Gasteiger partial charge in [0.2, 0.25) is 0 Å². The largest absolute Gasteiger partial charge is 0.461 e. The number of rotatable bonds is 2. The molecule has 4 atom stereocenters. The molecule has 2 fully saturated rings. The van der Waals surface area contributed by atoms with Crippen LogP contribution >= 0.6 is 0 Å². The highest BCUT2D eigenvalue weighted by atomic mass is 16.6. The van der Waals surface area contributed by atoms with Crippen LogP contribution in [0.15, 0.2) is 23.3 Å². The van der Waals surface area contributed by atoms with Gasteiger partial charge in [-0.2, -0.15) is 0 Å². The Morgan fingerprint density at radius 2 is 2.14 bits per heavy atom. The number of hydrogen-bond donors (Lipinski definition) is 0. The first-order chi connectivity index (χ1) is 10.6. The molecule has 0 aromatic rings. The SMILES string of the molecule is CC1=CCC[C@]2(C)C[C@H]3OC(=O)C(CN4CCCC4)[C@H]3C=C12. The van der Waals surface area contributed by atoms with Crippen LogP contribution in [0.25, 0.3) is 0 Å². The van der Waals surface area contributed by atoms with Crippen LogP contribution in [-0.4, -0.2) is 36.6 Å². The van der Waals surface area contributed by atoms with Crippen LogP contribution in [0.4, 0.5) is 0 Å². The normalized spacial score (nSPS) is 41.5. The molecule has 3 nitrogen and oxygen atoms in total. The van der Waals surface area contributed by atoms with Crippen molar-refractivity contribution >= 4 is 5.97 Å². The number of allylic oxidation sites excluding steroid dienone is 3. The number of carbonyl (C=O) groups is 1. The summed E-state index contributed by atoms with van der Waals surface area (Å²) < 4.78 is 5.81. The molecule has 2 aliphatic heterocycles. The maximum atomic E-state index is 12.4. The molecule has 22 heavy (non-hydrogen) atoms. The fourth-order valence-corrected chi connectivity index (χ4v) is 5.08. The summed E-state index contributed by atoms with van der Waals surface area (Å²) in [5, 5.41) is 0. The third-order valence-electron chi connectivity index (χ3n) is 6.35. The van der Waals surface area contributed by atoms with Crippen molar-refractivity contribution < 1.29 is 9.53 Å². The van der Waals surface area contributed by atoms with Crippen molar-refractivity contribution in [1.29, 1.82) is 0 Å². The molecular formula is C19H27NO2. The van der Waals surface area contributed by atoms with E-state index in [0.29, 0.717) is 0 Å². The fraction of sp³-hybridized carbons (Fsp3) is 0.737. The first-order valence-electron chi connectivity index (χ1n) is 8.89. The first-order valence-corrected chi connectivity index (χ1v) is 8.89. The Morgan fingerprint density at radius 1 is 1.36 bits per heavy atom. The number of esters is 1. The van der Waals surface area contributed by atoms with Crippen molar-refractivity contribution in [2.75, 3.05) is 19.6 Å². The van der Waals surface area contributed by atoms with Gasteiger partial charge in [0.25, 0.3) is 0 Å². The zero-order valence-corrected chi connectivity index (χ0v) is 13.8. The van der Waals surface area contributed by atoms with Crippen LogP contribution in [0.3, 0.4) is 0 Å². The number of likely N-dealkylation sites (tertiary alicyclic amines) is 1. The van der Waals surface area contributed by atoms with Crippen molar-refractivity contribution in [3.63, 3.8) is 0 Å². The molecule has 0 N–H and O–H groups in total. The lowest BCUT2D eigenvalue weighted by Crippen LogP contribution is -2.38. The van der Waals surface area contributed by atoms with Gasteiger partial charge in [0.1, 0.15) is 6.10 Å². The second kappa shape index (κ2) is 5.23. The van der Waals surface area contributed by atoms with E-state index in [9.17, 15) is 4.79 Å². The Kier molecular flexibility index (Phi) is 3.44. The molecule has 2 aliphatic carbocycles. The Labute approximate surface area is 133 Å². The number of hydrogen-bond acceptors (Lipinski definition) is 3. The van der Waals surface area contributed by atoms with E-state index in [4.69, 9.17) is 4.74 Å². The highest BCUT2D eigenvalue weighted by molar-refractivity contribution is 5.76. The summed E-state index contributed by atoms with van der Waals surface area (Å²) in [5.41, 5.74) is 3.12. The van der Waals surface area contributed by atoms with Crippen molar-refractivity contribution in [3.8, 4) is 0 Å². The zero-order valence-electron chi connectivity index (χ0n) is 13.8. The Hall–Kier alpha value is -1.09. The molecule has 3 heteroatoms. The van der Waals surface area contributed by atoms with E-state index in [1.54, 1.807) is 0 Å². The Morgan fingerprint density at radius 3 is 2.91 bits per heavy atom. The molecule has 2 heterocycles. The molecule has 0 saturated carbocycles. The highest BCUT2D eigenvalue weighted by Gasteiger charge is 2.51. The smallest absolute Gasteiger partial charge is 0.311 e. The molecule has 0 aromatic heterocycles. The van der Waals surface area contributed by atoms with Gasteiger partial charge in [-0.3, -0.25) is 4.79 Å². The van der Waals surface area contributed by atoms with Gasteiger partial charge in [-0.1, -0.05) is 24.6 Å². The molecule has 4 aliphatic rings. The molecule has 0 aromatic carbocycles. The van der Waals surface area contributed by atoms with Crippen LogP contribution in [0.2, 0.25) is 0 Å². The van der Waals surface area contributed by atoms with Crippen molar-refractivity contribution in [3.05, 3.63) is 23.3 Å². The summed E-state index contributed by atoms with van der Waals surface area (Å²) in [7, 11) is 0. The molecule has 0 bridgehead atoms. The van der Waals surface area contributed by atoms with Gasteiger partial charge in [0.15, 0.2) is 0 Å². The van der Waals surface area contributed by atoms with E-state index in [-0.39, 0.29) is 29.3 Å². The van der Waals surface area contributed by atoms with Gasteiger partial charge in [-0.05, 0) is 63.1 Å². The topological polar surface area (TPSA) is 29.5 Å². The fourth-order valence-electron chi connectivity index (χ4n) is 5.08. The van der Waals surface area contributed by atoms with Crippen LogP contribution in [-0.2, 0) is 9.53 Å². The highest BCUT2D eigenvalue weighted by Crippen LogP contribution is 2.52. The maximum Gasteiger partial charge on any atom is 0.311 e. The third-order valence-corrected chi connectivity index (χ3v) is 6.35. The maximum absolute atomic E-state index is 12.4. The van der Waals surface area contributed by atoms with E-state index in [1.807, 2.05) is 0 Å². The van der Waals surface area contributed by atoms with E-state index >= 15 is 0 Å². The Balaban J connectivity index is 1.62. The molecule has 0 amide bonds. The van der Waals surface area contributed by atoms with Crippen molar-refractivity contribution in [2.45, 2.75) is 52.1 Å². The number of fused-ring (bicyclic) bond motifs is 2. The molecule has 4 rings (SSSR count). The minimum Gasteiger partial charge on any atom is -0.461 e. The number of nitrogens with zero attached hydrogens (tertiary/aromatic N) is 1. The second-order valence-electron chi connectivity index (χ2n) is 7.94. The standard InChI is InChI=1S/C19H27NO2/c1-13-6-5-7-19(2)11-17-14(10-16(13)19)15(18(21)22-17)12-20-8-3-4-9-20/h6,10,14-15,17H,3-5,7-9,11-12H2,1-2H3/t14-,15?,17-,19-/m1/s1. The Bertz CT molecular complexity index is 544. The summed E-state index contributed by atoms with van der Waals surface area (Å²) in [4.78, 5) is 14.9. The van der Waals surface area contributed by atoms with Crippen molar-refractivity contribution in [2.24, 2.45) is 17.3 Å². The van der Waals surface area contributed by atoms with Gasteiger partial charge >= 0.3 is 5.97 Å². The number of carbonyl (C=O) groups excluding carboxylic acids is 1. The predicted octanol–water partition coefficient (Wildman–Crippen LogP) is 3.32. The third kappa shape index (κ3) is 2.25. The van der Waals surface area contributed by atoms with Gasteiger partial charge in [-0.25, -0.2) is 0 Å². The molecule has 2 saturated heterocycles. The lowest BCUT2D eigenvalue weighted by molar-refractivity contribution is -0.145.